The molecule has 1 atom stereocenters. The Bertz CT molecular complexity index is 1170. The van der Waals surface area contributed by atoms with Crippen LogP contribution in [0.25, 0.3) is 0 Å². The maximum absolute atomic E-state index is 13.1. The van der Waals surface area contributed by atoms with Crippen LogP contribution in [0.2, 0.25) is 0 Å². The lowest BCUT2D eigenvalue weighted by Gasteiger charge is -2.16. The van der Waals surface area contributed by atoms with Crippen molar-refractivity contribution < 1.29 is 28.2 Å². The maximum atomic E-state index is 13.1. The largest absolute Gasteiger partial charge is 0.493 e. The molecule has 0 saturated heterocycles. The number of alkyl carbamates (subject to hydrolysis) is 1. The molecule has 0 aliphatic carbocycles. The molecule has 3 aromatic carbocycles. The Morgan fingerprint density at radius 1 is 1.00 bits per heavy atom. The predicted molar refractivity (Wildman–Crippen MR) is 134 cm³/mol. The number of carbonyl (C=O) groups is 2. The van der Waals surface area contributed by atoms with Crippen molar-refractivity contribution in [2.24, 2.45) is 5.10 Å². The molecule has 3 aromatic rings. The van der Waals surface area contributed by atoms with Crippen LogP contribution in [0.4, 0.5) is 9.18 Å². The first kappa shape index (κ1) is 26.2. The molecule has 2 N–H and O–H groups in total. The third-order valence-electron chi connectivity index (χ3n) is 5.05. The summed E-state index contributed by atoms with van der Waals surface area (Å²) in [6.45, 7) is 2.12. The van der Waals surface area contributed by atoms with Gasteiger partial charge in [0.2, 0.25) is 0 Å². The van der Waals surface area contributed by atoms with Gasteiger partial charge >= 0.3 is 6.09 Å². The molecule has 36 heavy (non-hydrogen) atoms. The van der Waals surface area contributed by atoms with Crippen LogP contribution < -0.4 is 20.2 Å². The van der Waals surface area contributed by atoms with E-state index < -0.39 is 18.0 Å². The third kappa shape index (κ3) is 8.12. The van der Waals surface area contributed by atoms with E-state index in [0.29, 0.717) is 17.1 Å². The lowest BCUT2D eigenvalue weighted by atomic mass is 10.1. The van der Waals surface area contributed by atoms with E-state index in [2.05, 4.69) is 15.8 Å². The van der Waals surface area contributed by atoms with E-state index in [1.165, 1.54) is 25.5 Å². The van der Waals surface area contributed by atoms with Gasteiger partial charge in [-0.2, -0.15) is 5.10 Å². The molecule has 0 fully saturated rings. The van der Waals surface area contributed by atoms with Gasteiger partial charge in [0, 0.05) is 6.42 Å². The van der Waals surface area contributed by atoms with E-state index in [4.69, 9.17) is 14.2 Å². The molecule has 3 rings (SSSR count). The molecule has 0 radical (unpaired) electrons. The molecule has 0 unspecified atom stereocenters. The summed E-state index contributed by atoms with van der Waals surface area (Å²) >= 11 is 0. The van der Waals surface area contributed by atoms with Crippen molar-refractivity contribution in [1.29, 1.82) is 0 Å². The third-order valence-corrected chi connectivity index (χ3v) is 5.05. The SMILES string of the molecule is CCOC(=O)N[C@@H](Cc1ccccc1)C(=O)N/N=C\c1ccc(OCc2ccc(F)cc2)c(OC)c1. The van der Waals surface area contributed by atoms with Crippen LogP contribution in [-0.4, -0.2) is 38.0 Å². The monoisotopic (exact) mass is 493 g/mol. The minimum atomic E-state index is -0.875. The van der Waals surface area contributed by atoms with E-state index in [1.807, 2.05) is 30.3 Å². The zero-order valence-electron chi connectivity index (χ0n) is 20.1. The molecule has 8 nitrogen and oxygen atoms in total. The number of rotatable bonds is 11. The van der Waals surface area contributed by atoms with Gasteiger partial charge in [0.05, 0.1) is 19.9 Å². The second-order valence-electron chi connectivity index (χ2n) is 7.67. The molecule has 0 spiro atoms. The van der Waals surface area contributed by atoms with Crippen LogP contribution in [0.5, 0.6) is 11.5 Å². The number of halogens is 1. The smallest absolute Gasteiger partial charge is 0.407 e. The standard InChI is InChI=1S/C27H28FN3O5/c1-3-35-27(33)30-23(15-19-7-5-4-6-8-19)26(32)31-29-17-21-11-14-24(25(16-21)34-2)36-18-20-9-12-22(28)13-10-20/h4-14,16-17,23H,3,15,18H2,1-2H3,(H,30,33)(H,31,32)/b29-17-/t23-/m0/s1. The number of nitrogens with zero attached hydrogens (tertiary/aromatic N) is 1. The number of hydrazone groups is 1. The summed E-state index contributed by atoms with van der Waals surface area (Å²) < 4.78 is 29.2. The molecule has 0 aromatic heterocycles. The highest BCUT2D eigenvalue weighted by Gasteiger charge is 2.21. The molecule has 188 valence electrons. The first-order valence-corrected chi connectivity index (χ1v) is 11.3. The quantitative estimate of drug-likeness (QED) is 0.308. The summed E-state index contributed by atoms with van der Waals surface area (Å²) in [5.74, 6) is 0.174. The van der Waals surface area contributed by atoms with E-state index in [-0.39, 0.29) is 25.5 Å². The summed E-state index contributed by atoms with van der Waals surface area (Å²) in [5.41, 5.74) is 4.80. The van der Waals surface area contributed by atoms with Crippen molar-refractivity contribution in [3.63, 3.8) is 0 Å². The van der Waals surface area contributed by atoms with Crippen LogP contribution in [0.1, 0.15) is 23.6 Å². The van der Waals surface area contributed by atoms with Crippen molar-refractivity contribution in [1.82, 2.24) is 10.7 Å². The Morgan fingerprint density at radius 3 is 2.44 bits per heavy atom. The summed E-state index contributed by atoms with van der Waals surface area (Å²) in [6.07, 6.45) is 1.04. The minimum Gasteiger partial charge on any atom is -0.493 e. The highest BCUT2D eigenvalue weighted by Crippen LogP contribution is 2.28. The molecule has 2 amide bonds. The molecular formula is C27H28FN3O5. The summed E-state index contributed by atoms with van der Waals surface area (Å²) in [4.78, 5) is 24.6. The zero-order valence-corrected chi connectivity index (χ0v) is 20.1. The highest BCUT2D eigenvalue weighted by atomic mass is 19.1. The summed E-state index contributed by atoms with van der Waals surface area (Å²) in [7, 11) is 1.51. The number of benzene rings is 3. The lowest BCUT2D eigenvalue weighted by molar-refractivity contribution is -0.123. The Morgan fingerprint density at radius 2 is 1.75 bits per heavy atom. The first-order valence-electron chi connectivity index (χ1n) is 11.3. The average molecular weight is 494 g/mol. The Labute approximate surface area is 209 Å². The Balaban J connectivity index is 1.62. The number of hydrogen-bond acceptors (Lipinski definition) is 6. The van der Waals surface area contributed by atoms with Crippen molar-refractivity contribution in [2.75, 3.05) is 13.7 Å². The normalized spacial score (nSPS) is 11.5. The van der Waals surface area contributed by atoms with Crippen LogP contribution in [0, 0.1) is 5.82 Å². The first-order chi connectivity index (χ1) is 17.5. The Hall–Kier alpha value is -4.40. The molecule has 0 saturated carbocycles. The average Bonchev–Trinajstić information content (AvgIpc) is 2.89. The number of hydrogen-bond donors (Lipinski definition) is 2. The summed E-state index contributed by atoms with van der Waals surface area (Å²) in [6, 6.07) is 19.6. The molecule has 9 heteroatoms. The van der Waals surface area contributed by atoms with E-state index in [9.17, 15) is 14.0 Å². The van der Waals surface area contributed by atoms with Gasteiger partial charge in [0.1, 0.15) is 18.5 Å². The van der Waals surface area contributed by atoms with Gasteiger partial charge in [-0.25, -0.2) is 14.6 Å². The van der Waals surface area contributed by atoms with Gasteiger partial charge < -0.3 is 19.5 Å². The van der Waals surface area contributed by atoms with Gasteiger partial charge in [-0.15, -0.1) is 0 Å². The second-order valence-corrected chi connectivity index (χ2v) is 7.67. The van der Waals surface area contributed by atoms with E-state index in [1.54, 1.807) is 37.3 Å². The molecule has 0 bridgehead atoms. The van der Waals surface area contributed by atoms with Crippen LogP contribution >= 0.6 is 0 Å². The molecular weight excluding hydrogens is 465 g/mol. The Kier molecular flexibility index (Phi) is 9.81. The fraction of sp³-hybridized carbons (Fsp3) is 0.222. The topological polar surface area (TPSA) is 98.2 Å². The fourth-order valence-corrected chi connectivity index (χ4v) is 3.25. The van der Waals surface area contributed by atoms with Gasteiger partial charge in [0.25, 0.3) is 5.91 Å². The van der Waals surface area contributed by atoms with Gasteiger partial charge in [-0.1, -0.05) is 42.5 Å². The number of nitrogens with one attached hydrogen (secondary N) is 2. The van der Waals surface area contributed by atoms with Gasteiger partial charge in [0.15, 0.2) is 11.5 Å². The van der Waals surface area contributed by atoms with Crippen molar-refractivity contribution in [3.05, 3.63) is 95.3 Å². The number of ether oxygens (including phenoxy) is 3. The van der Waals surface area contributed by atoms with E-state index in [0.717, 1.165) is 11.1 Å². The predicted octanol–water partition coefficient (Wildman–Crippen LogP) is 4.22. The molecule has 0 heterocycles. The van der Waals surface area contributed by atoms with Crippen LogP contribution in [-0.2, 0) is 22.6 Å². The van der Waals surface area contributed by atoms with E-state index >= 15 is 0 Å². The molecule has 0 aliphatic rings. The second kappa shape index (κ2) is 13.5. The molecule has 0 aliphatic heterocycles. The lowest BCUT2D eigenvalue weighted by Crippen LogP contribution is -2.47. The van der Waals surface area contributed by atoms with Crippen LogP contribution in [0.15, 0.2) is 77.9 Å². The van der Waals surface area contributed by atoms with Gasteiger partial charge in [-0.3, -0.25) is 4.79 Å². The number of carbonyl (C=O) groups excluding carboxylic acids is 2. The van der Waals surface area contributed by atoms with Crippen molar-refractivity contribution in [2.45, 2.75) is 26.0 Å². The van der Waals surface area contributed by atoms with Crippen LogP contribution in [0.3, 0.4) is 0 Å². The minimum absolute atomic E-state index is 0.190. The fourth-order valence-electron chi connectivity index (χ4n) is 3.25. The maximum Gasteiger partial charge on any atom is 0.407 e. The van der Waals surface area contributed by atoms with Crippen molar-refractivity contribution >= 4 is 18.2 Å². The van der Waals surface area contributed by atoms with Crippen molar-refractivity contribution in [3.8, 4) is 11.5 Å². The van der Waals surface area contributed by atoms with Gasteiger partial charge in [-0.05, 0) is 53.9 Å². The highest BCUT2D eigenvalue weighted by molar-refractivity contribution is 5.87. The zero-order chi connectivity index (χ0) is 25.8. The summed E-state index contributed by atoms with van der Waals surface area (Å²) in [5, 5.41) is 6.58. The number of amides is 2. The number of methoxy groups -OCH3 is 1.